The molecule has 26 aromatic rings. The fraction of sp³-hybridized carbons (Fsp3) is 0.0236. The third-order valence-corrected chi connectivity index (χ3v) is 25.9. The number of rotatable bonds is 10. The molecule has 26 rings (SSSR count). The van der Waals surface area contributed by atoms with Gasteiger partial charge in [0.15, 0.2) is 0 Å². The van der Waals surface area contributed by atoms with E-state index in [-0.39, 0.29) is 0 Å². The Hall–Kier alpha value is -16.7. The van der Waals surface area contributed by atoms with E-state index >= 15 is 0 Å². The van der Waals surface area contributed by atoms with Crippen LogP contribution in [0.15, 0.2) is 486 Å². The lowest BCUT2D eigenvalue weighted by Gasteiger charge is -2.18. The molecular weight excluding hydrogens is 1570 g/mol. The molecule has 616 valence electrons. The van der Waals surface area contributed by atoms with Crippen LogP contribution in [-0.2, 0) is 0 Å². The van der Waals surface area contributed by atoms with Gasteiger partial charge in [-0.15, -0.1) is 0 Å². The fourth-order valence-corrected chi connectivity index (χ4v) is 20.2. The van der Waals surface area contributed by atoms with E-state index in [1.54, 1.807) is 0 Å². The molecule has 0 saturated heterocycles. The first-order valence-electron chi connectivity index (χ1n) is 46.6. The Balaban J connectivity index is 0.000000119. The molecule has 3 heterocycles. The lowest BCUT2D eigenvalue weighted by molar-refractivity contribution is 0.669. The van der Waals surface area contributed by atoms with Gasteiger partial charge in [0.2, 0.25) is 0 Å². The Bertz CT molecular complexity index is 8620. The molecule has 0 spiro atoms. The molecule has 3 nitrogen and oxygen atoms in total. The molecule has 0 saturated carbocycles. The van der Waals surface area contributed by atoms with Crippen LogP contribution in [-0.4, -0.2) is 0 Å². The zero-order valence-electron chi connectivity index (χ0n) is 75.3. The van der Waals surface area contributed by atoms with Gasteiger partial charge in [0, 0.05) is 69.8 Å². The maximum atomic E-state index is 6.80. The molecule has 0 amide bonds. The number of fused-ring (bicyclic) bond motifs is 16. The monoisotopic (exact) mass is 1670 g/mol. The standard InChI is InChI=1S/C48H30O.C44H28O.C32H20O.3CH4/c1-2-13-32(14-3-1)37-29-30-43(48-47(37)42-22-10-11-24-44(42)49-48)46-40-20-8-6-18-38(40)45(39-19-7-9-21-41(39)46)34-27-25-33(26-28-34)36-23-12-16-31-15-4-5-17-35(31)36;1-2-11-29(12-3-1)30-21-23-31(24-22-30)32-25-27-33(28-26-32)42-35-14-4-6-16-37(35)43(38-17-7-5-15-36(38)42)40-19-10-18-39-34-13-8-9-20-41(34)45-44(39)40;1-2-11-21(12-3-1)30-23-14-4-6-16-25(23)31(26-17-7-5-15-24(26)30)28-19-10-18-27-22-13-8-9-20-29(22)33-32(27)28;;;/h1-30H;1-28H;1-20H;3*1H4/i;;;3*1D. The van der Waals surface area contributed by atoms with E-state index in [9.17, 15) is 0 Å². The van der Waals surface area contributed by atoms with Gasteiger partial charge in [-0.3, -0.25) is 0 Å². The summed E-state index contributed by atoms with van der Waals surface area (Å²) in [7, 11) is 3.75. The predicted octanol–water partition coefficient (Wildman–Crippen LogP) is 37.4. The van der Waals surface area contributed by atoms with E-state index in [1.165, 1.54) is 192 Å². The van der Waals surface area contributed by atoms with E-state index in [2.05, 4.69) is 455 Å². The quantitative estimate of drug-likeness (QED) is 0.128. The molecule has 23 aromatic carbocycles. The van der Waals surface area contributed by atoms with Crippen LogP contribution in [0.5, 0.6) is 0 Å². The second-order valence-corrected chi connectivity index (χ2v) is 32.9. The van der Waals surface area contributed by atoms with Crippen molar-refractivity contribution in [2.24, 2.45) is 0 Å². The van der Waals surface area contributed by atoms with E-state index in [1.807, 2.05) is 18.2 Å². The smallest absolute Gasteiger partial charge is 0.143 e. The molecule has 0 atom stereocenters. The number of hydrogen-bond donors (Lipinski definition) is 0. The SMILES string of the molecule is [2H]C.[2H]C.[2H]C.c1ccc(-c2c3ccccc3c(-c3cccc4c3oc3ccccc34)c3ccccc23)cc1.c1ccc(-c2ccc(-c3c4ccccc4c(-c4ccc(-c5cccc6ccccc56)cc4)c4ccccc34)c3oc4ccccc4c23)cc1.c1ccc(-c2ccc(-c3ccc(-c4c5ccccc5c(-c5cccc6c5oc5ccccc56)c5ccccc45)cc3)cc2)cc1. The summed E-state index contributed by atoms with van der Waals surface area (Å²) in [5.41, 5.74) is 29.7. The van der Waals surface area contributed by atoms with Crippen molar-refractivity contribution in [3.63, 3.8) is 0 Å². The molecule has 0 aliphatic heterocycles. The first-order chi connectivity index (χ1) is 66.1. The summed E-state index contributed by atoms with van der Waals surface area (Å²) in [6.07, 6.45) is 0. The van der Waals surface area contributed by atoms with Crippen LogP contribution in [0.1, 0.15) is 26.3 Å². The van der Waals surface area contributed by atoms with Crippen molar-refractivity contribution in [1.29, 1.82) is 0 Å². The molecule has 3 aromatic heterocycles. The second kappa shape index (κ2) is 34.0. The summed E-state index contributed by atoms with van der Waals surface area (Å²) >= 11 is 0. The Kier molecular flexibility index (Phi) is 20.1. The third kappa shape index (κ3) is 13.7. The van der Waals surface area contributed by atoms with Gasteiger partial charge in [-0.05, 0) is 178 Å². The van der Waals surface area contributed by atoms with Crippen molar-refractivity contribution >= 4 is 141 Å². The van der Waals surface area contributed by atoms with E-state index in [0.29, 0.717) is 0 Å². The molecule has 0 fully saturated rings. The largest absolute Gasteiger partial charge is 0.455 e. The van der Waals surface area contributed by atoms with Crippen molar-refractivity contribution in [2.75, 3.05) is 0 Å². The summed E-state index contributed by atoms with van der Waals surface area (Å²) in [5, 5.41) is 24.2. The van der Waals surface area contributed by atoms with Crippen LogP contribution in [0.3, 0.4) is 0 Å². The molecule has 3 heteroatoms. The highest BCUT2D eigenvalue weighted by Gasteiger charge is 2.26. The molecule has 0 aliphatic carbocycles. The average molecular weight is 1670 g/mol. The predicted molar refractivity (Wildman–Crippen MR) is 558 cm³/mol. The number of furan rings is 3. The molecule has 0 aliphatic rings. The van der Waals surface area contributed by atoms with Gasteiger partial charge in [-0.25, -0.2) is 0 Å². The molecule has 0 bridgehead atoms. The van der Waals surface area contributed by atoms with Crippen LogP contribution in [0, 0.1) is 0 Å². The molecule has 130 heavy (non-hydrogen) atoms. The fourth-order valence-electron chi connectivity index (χ4n) is 20.2. The lowest BCUT2D eigenvalue weighted by atomic mass is 9.84. The van der Waals surface area contributed by atoms with Gasteiger partial charge >= 0.3 is 0 Å². The third-order valence-electron chi connectivity index (χ3n) is 25.9. The number of benzene rings is 23. The van der Waals surface area contributed by atoms with Crippen LogP contribution in [0.4, 0.5) is 0 Å². The van der Waals surface area contributed by atoms with Crippen LogP contribution < -0.4 is 0 Å². The van der Waals surface area contributed by atoms with Crippen LogP contribution >= 0.6 is 0 Å². The summed E-state index contributed by atoms with van der Waals surface area (Å²) in [4.78, 5) is 0. The topological polar surface area (TPSA) is 39.4 Å². The second-order valence-electron chi connectivity index (χ2n) is 32.9. The van der Waals surface area contributed by atoms with Crippen molar-refractivity contribution in [1.82, 2.24) is 0 Å². The van der Waals surface area contributed by atoms with Gasteiger partial charge < -0.3 is 13.3 Å². The van der Waals surface area contributed by atoms with Crippen LogP contribution in [0.25, 0.3) is 252 Å². The van der Waals surface area contributed by atoms with Crippen molar-refractivity contribution in [3.8, 4) is 111 Å². The first kappa shape index (κ1) is 76.9. The number of hydrogen-bond acceptors (Lipinski definition) is 3. The summed E-state index contributed by atoms with van der Waals surface area (Å²) in [6, 6.07) is 169. The molecule has 0 unspecified atom stereocenters. The van der Waals surface area contributed by atoms with Gasteiger partial charge in [0.05, 0.1) is 0 Å². The summed E-state index contributed by atoms with van der Waals surface area (Å²) in [5.74, 6) is 0. The zero-order chi connectivity index (χ0) is 89.8. The van der Waals surface area contributed by atoms with Gasteiger partial charge in [0.1, 0.15) is 33.5 Å². The molecule has 0 radical (unpaired) electrons. The minimum absolute atomic E-state index is 0.902. The van der Waals surface area contributed by atoms with Crippen LogP contribution in [0.2, 0.25) is 0 Å². The highest BCUT2D eigenvalue weighted by atomic mass is 16.3. The Morgan fingerprint density at radius 1 is 0.131 bits per heavy atom. The van der Waals surface area contributed by atoms with Gasteiger partial charge in [-0.1, -0.05) is 471 Å². The lowest BCUT2D eigenvalue weighted by Crippen LogP contribution is -1.92. The number of para-hydroxylation sites is 5. The van der Waals surface area contributed by atoms with Crippen molar-refractivity contribution < 1.29 is 17.4 Å². The first-order valence-corrected chi connectivity index (χ1v) is 43.6. The highest BCUT2D eigenvalue weighted by molar-refractivity contribution is 6.29. The normalized spacial score (nSPS) is 11.5. The summed E-state index contributed by atoms with van der Waals surface area (Å²) in [6.45, 7) is 0. The Morgan fingerprint density at radius 3 is 0.746 bits per heavy atom. The Labute approximate surface area is 760 Å². The van der Waals surface area contributed by atoms with Crippen molar-refractivity contribution in [2.45, 2.75) is 22.2 Å². The van der Waals surface area contributed by atoms with E-state index in [4.69, 9.17) is 17.4 Å². The molecule has 0 N–H and O–H groups in total. The average Bonchev–Trinajstić information content (AvgIpc) is 1.70. The molecular formula is C127H90O3. The zero-order valence-corrected chi connectivity index (χ0v) is 72.3. The minimum Gasteiger partial charge on any atom is -0.455 e. The van der Waals surface area contributed by atoms with Gasteiger partial charge in [-0.2, -0.15) is 0 Å². The van der Waals surface area contributed by atoms with E-state index < -0.39 is 0 Å². The van der Waals surface area contributed by atoms with Gasteiger partial charge in [0.25, 0.3) is 0 Å². The minimum atomic E-state index is 0.902. The van der Waals surface area contributed by atoms with Crippen molar-refractivity contribution in [3.05, 3.63) is 473 Å². The van der Waals surface area contributed by atoms with E-state index in [0.717, 1.165) is 82.5 Å². The Morgan fingerprint density at radius 2 is 0.354 bits per heavy atom. The maximum Gasteiger partial charge on any atom is 0.143 e. The maximum absolute atomic E-state index is 6.80. The summed E-state index contributed by atoms with van der Waals surface area (Å²) < 4.78 is 37.0. The highest BCUT2D eigenvalue weighted by Crippen LogP contribution is 2.53.